The lowest BCUT2D eigenvalue weighted by molar-refractivity contribution is 0.0690. The van der Waals surface area contributed by atoms with E-state index in [2.05, 4.69) is 5.10 Å². The fourth-order valence-corrected chi connectivity index (χ4v) is 2.68. The number of nitrogen functional groups attached to an aromatic ring is 1. The zero-order valence-corrected chi connectivity index (χ0v) is 11.3. The molecule has 2 heterocycles. The summed E-state index contributed by atoms with van der Waals surface area (Å²) in [6.45, 7) is 1.52. The summed E-state index contributed by atoms with van der Waals surface area (Å²) >= 11 is 0. The number of benzene rings is 1. The number of nitrogens with zero attached hydrogens (tertiary/aromatic N) is 3. The molecule has 1 saturated heterocycles. The summed E-state index contributed by atoms with van der Waals surface area (Å²) in [6, 6.07) is 9.50. The zero-order valence-electron chi connectivity index (χ0n) is 11.3. The Hall–Kier alpha value is -2.30. The van der Waals surface area contributed by atoms with Crippen molar-refractivity contribution in [2.24, 2.45) is 0 Å². The molecule has 0 aliphatic carbocycles. The number of piperidine rings is 1. The van der Waals surface area contributed by atoms with Crippen LogP contribution in [0.5, 0.6) is 0 Å². The van der Waals surface area contributed by atoms with Crippen LogP contribution in [0.15, 0.2) is 42.7 Å². The van der Waals surface area contributed by atoms with Gasteiger partial charge < -0.3 is 10.6 Å². The lowest BCUT2D eigenvalue weighted by Gasteiger charge is -2.32. The maximum absolute atomic E-state index is 12.4. The molecule has 20 heavy (non-hydrogen) atoms. The molecule has 1 aromatic heterocycles. The molecule has 3 rings (SSSR count). The number of aromatic nitrogens is 2. The summed E-state index contributed by atoms with van der Waals surface area (Å²) in [5.74, 6) is 0.0659. The van der Waals surface area contributed by atoms with E-state index < -0.39 is 0 Å². The molecular weight excluding hydrogens is 252 g/mol. The van der Waals surface area contributed by atoms with Crippen LogP contribution in [0.1, 0.15) is 29.2 Å². The van der Waals surface area contributed by atoms with Gasteiger partial charge >= 0.3 is 0 Å². The minimum atomic E-state index is 0.0659. The van der Waals surface area contributed by atoms with E-state index in [4.69, 9.17) is 5.73 Å². The highest BCUT2D eigenvalue weighted by Crippen LogP contribution is 2.23. The predicted molar refractivity (Wildman–Crippen MR) is 77.3 cm³/mol. The number of carbonyl (C=O) groups excluding carboxylic acids is 1. The third-order valence-corrected chi connectivity index (χ3v) is 3.78. The van der Waals surface area contributed by atoms with Crippen molar-refractivity contribution in [1.29, 1.82) is 0 Å². The Morgan fingerprint density at radius 2 is 2.05 bits per heavy atom. The fourth-order valence-electron chi connectivity index (χ4n) is 2.68. The number of hydrogen-bond donors (Lipinski definition) is 1. The third kappa shape index (κ3) is 2.52. The molecule has 0 radical (unpaired) electrons. The Bertz CT molecular complexity index is 586. The van der Waals surface area contributed by atoms with Crippen molar-refractivity contribution in [3.05, 3.63) is 48.3 Å². The van der Waals surface area contributed by atoms with E-state index in [1.807, 2.05) is 34.0 Å². The van der Waals surface area contributed by atoms with Crippen molar-refractivity contribution in [2.45, 2.75) is 18.9 Å². The minimum absolute atomic E-state index is 0.0659. The van der Waals surface area contributed by atoms with Crippen LogP contribution in [0.2, 0.25) is 0 Å². The summed E-state index contributed by atoms with van der Waals surface area (Å²) in [4.78, 5) is 14.3. The van der Waals surface area contributed by atoms with Crippen LogP contribution in [0.25, 0.3) is 0 Å². The third-order valence-electron chi connectivity index (χ3n) is 3.78. The SMILES string of the molecule is Nc1cccc(C(=O)N2CCC(n3cccn3)CC2)c1. The van der Waals surface area contributed by atoms with E-state index in [9.17, 15) is 4.79 Å². The Morgan fingerprint density at radius 3 is 2.70 bits per heavy atom. The molecule has 2 N–H and O–H groups in total. The second-order valence-electron chi connectivity index (χ2n) is 5.13. The summed E-state index contributed by atoms with van der Waals surface area (Å²) in [5.41, 5.74) is 7.03. The summed E-state index contributed by atoms with van der Waals surface area (Å²) in [5, 5.41) is 4.28. The number of hydrogen-bond acceptors (Lipinski definition) is 3. The Labute approximate surface area is 118 Å². The Morgan fingerprint density at radius 1 is 1.25 bits per heavy atom. The first-order chi connectivity index (χ1) is 9.74. The van der Waals surface area contributed by atoms with Gasteiger partial charge in [0.15, 0.2) is 0 Å². The van der Waals surface area contributed by atoms with E-state index in [-0.39, 0.29) is 5.91 Å². The van der Waals surface area contributed by atoms with Gasteiger partial charge in [0.1, 0.15) is 0 Å². The van der Waals surface area contributed by atoms with Crippen molar-refractivity contribution >= 4 is 11.6 Å². The van der Waals surface area contributed by atoms with Gasteiger partial charge in [-0.05, 0) is 37.1 Å². The van der Waals surface area contributed by atoms with Crippen LogP contribution in [0.4, 0.5) is 5.69 Å². The number of likely N-dealkylation sites (tertiary alicyclic amines) is 1. The molecule has 104 valence electrons. The van der Waals surface area contributed by atoms with E-state index >= 15 is 0 Å². The lowest BCUT2D eigenvalue weighted by atomic mass is 10.0. The van der Waals surface area contributed by atoms with Crippen molar-refractivity contribution in [3.8, 4) is 0 Å². The van der Waals surface area contributed by atoms with Gasteiger partial charge in [0.25, 0.3) is 5.91 Å². The molecule has 5 heteroatoms. The van der Waals surface area contributed by atoms with Gasteiger partial charge in [-0.2, -0.15) is 5.10 Å². The summed E-state index contributed by atoms with van der Waals surface area (Å²) < 4.78 is 1.99. The molecular formula is C15H18N4O. The van der Waals surface area contributed by atoms with Gasteiger partial charge in [-0.1, -0.05) is 6.07 Å². The summed E-state index contributed by atoms with van der Waals surface area (Å²) in [6.07, 6.45) is 5.66. The number of amides is 1. The van der Waals surface area contributed by atoms with Crippen LogP contribution in [-0.4, -0.2) is 33.7 Å². The molecule has 1 amide bonds. The van der Waals surface area contributed by atoms with Gasteiger partial charge in [0.2, 0.25) is 0 Å². The second-order valence-corrected chi connectivity index (χ2v) is 5.13. The number of carbonyl (C=O) groups is 1. The molecule has 0 atom stereocenters. The topological polar surface area (TPSA) is 64.2 Å². The monoisotopic (exact) mass is 270 g/mol. The number of rotatable bonds is 2. The highest BCUT2D eigenvalue weighted by molar-refractivity contribution is 5.95. The predicted octanol–water partition coefficient (Wildman–Crippen LogP) is 1.94. The highest BCUT2D eigenvalue weighted by atomic mass is 16.2. The molecule has 2 aromatic rings. The van der Waals surface area contributed by atoms with Gasteiger partial charge in [-0.25, -0.2) is 0 Å². The van der Waals surface area contributed by atoms with Crippen LogP contribution in [-0.2, 0) is 0 Å². The molecule has 0 saturated carbocycles. The highest BCUT2D eigenvalue weighted by Gasteiger charge is 2.24. The van der Waals surface area contributed by atoms with Crippen LogP contribution >= 0.6 is 0 Å². The normalized spacial score (nSPS) is 16.3. The summed E-state index contributed by atoms with van der Waals surface area (Å²) in [7, 11) is 0. The van der Waals surface area contributed by atoms with Crippen LogP contribution in [0.3, 0.4) is 0 Å². The smallest absolute Gasteiger partial charge is 0.253 e. The zero-order chi connectivity index (χ0) is 13.9. The largest absolute Gasteiger partial charge is 0.399 e. The molecule has 1 aromatic carbocycles. The molecule has 5 nitrogen and oxygen atoms in total. The van der Waals surface area contributed by atoms with E-state index in [0.717, 1.165) is 25.9 Å². The van der Waals surface area contributed by atoms with Crippen molar-refractivity contribution in [1.82, 2.24) is 14.7 Å². The quantitative estimate of drug-likeness (QED) is 0.848. The maximum Gasteiger partial charge on any atom is 0.253 e. The average Bonchev–Trinajstić information content (AvgIpc) is 3.01. The standard InChI is InChI=1S/C15H18N4O/c16-13-4-1-3-12(11-13)15(20)18-9-5-14(6-10-18)19-8-2-7-17-19/h1-4,7-8,11,14H,5-6,9-10,16H2. The van der Waals surface area contributed by atoms with E-state index in [1.165, 1.54) is 0 Å². The molecule has 0 spiro atoms. The van der Waals surface area contributed by atoms with Crippen molar-refractivity contribution in [2.75, 3.05) is 18.8 Å². The van der Waals surface area contributed by atoms with Gasteiger partial charge in [-0.3, -0.25) is 9.48 Å². The molecule has 1 aliphatic rings. The first-order valence-corrected chi connectivity index (χ1v) is 6.88. The molecule has 0 bridgehead atoms. The fraction of sp³-hybridized carbons (Fsp3) is 0.333. The van der Waals surface area contributed by atoms with Gasteiger partial charge in [0.05, 0.1) is 6.04 Å². The Balaban J connectivity index is 1.65. The number of anilines is 1. The molecule has 1 fully saturated rings. The lowest BCUT2D eigenvalue weighted by Crippen LogP contribution is -2.39. The van der Waals surface area contributed by atoms with E-state index in [1.54, 1.807) is 18.3 Å². The van der Waals surface area contributed by atoms with E-state index in [0.29, 0.717) is 17.3 Å². The van der Waals surface area contributed by atoms with Crippen molar-refractivity contribution in [3.63, 3.8) is 0 Å². The van der Waals surface area contributed by atoms with Crippen LogP contribution < -0.4 is 5.73 Å². The Kier molecular flexibility index (Phi) is 3.41. The minimum Gasteiger partial charge on any atom is -0.399 e. The van der Waals surface area contributed by atoms with Gasteiger partial charge in [0, 0.05) is 36.7 Å². The second kappa shape index (κ2) is 5.36. The van der Waals surface area contributed by atoms with Crippen LogP contribution in [0, 0.1) is 0 Å². The molecule has 1 aliphatic heterocycles. The molecule has 0 unspecified atom stereocenters. The first kappa shape index (κ1) is 12.7. The maximum atomic E-state index is 12.4. The first-order valence-electron chi connectivity index (χ1n) is 6.88. The number of nitrogens with two attached hydrogens (primary N) is 1. The van der Waals surface area contributed by atoms with Crippen molar-refractivity contribution < 1.29 is 4.79 Å². The van der Waals surface area contributed by atoms with Gasteiger partial charge in [-0.15, -0.1) is 0 Å². The average molecular weight is 270 g/mol.